The highest BCUT2D eigenvalue weighted by molar-refractivity contribution is 5.78. The molecule has 1 amide bonds. The van der Waals surface area contributed by atoms with Gasteiger partial charge in [-0.1, -0.05) is 49.7 Å². The van der Waals surface area contributed by atoms with Crippen LogP contribution in [-0.2, 0) is 25.4 Å². The second kappa shape index (κ2) is 10.8. The smallest absolute Gasteiger partial charge is 0.239 e. The number of nitrogens with one attached hydrogen (secondary N) is 2. The van der Waals surface area contributed by atoms with Crippen LogP contribution in [0.15, 0.2) is 48.7 Å². The molecule has 2 aromatic rings. The van der Waals surface area contributed by atoms with Crippen LogP contribution >= 0.6 is 0 Å². The summed E-state index contributed by atoms with van der Waals surface area (Å²) in [6.07, 6.45) is 0.704. The number of aliphatic hydroxyl groups excluding tert-OH is 1. The zero-order valence-electron chi connectivity index (χ0n) is 21.5. The molecule has 2 aliphatic heterocycles. The van der Waals surface area contributed by atoms with E-state index in [0.29, 0.717) is 18.5 Å². The quantitative estimate of drug-likeness (QED) is 0.463. The van der Waals surface area contributed by atoms with Gasteiger partial charge in [-0.05, 0) is 44.4 Å². The predicted molar refractivity (Wildman–Crippen MR) is 136 cm³/mol. The van der Waals surface area contributed by atoms with Gasteiger partial charge in [0.25, 0.3) is 0 Å². The molecule has 1 saturated carbocycles. The predicted octanol–water partition coefficient (Wildman–Crippen LogP) is 1.76. The number of fused-ring (bicyclic) bond motifs is 2. The molecule has 3 unspecified atom stereocenters. The summed E-state index contributed by atoms with van der Waals surface area (Å²) in [5.74, 6) is -2.12. The monoisotopic (exact) mass is 511 g/mol. The van der Waals surface area contributed by atoms with Crippen molar-refractivity contribution in [3.05, 3.63) is 54.4 Å². The van der Waals surface area contributed by atoms with Crippen molar-refractivity contribution in [2.45, 2.75) is 88.1 Å². The lowest BCUT2D eigenvalue weighted by molar-refractivity contribution is -0.443. The van der Waals surface area contributed by atoms with Crippen molar-refractivity contribution in [3.63, 3.8) is 0 Å². The molecule has 0 radical (unpaired) electrons. The summed E-state index contributed by atoms with van der Waals surface area (Å²) in [5, 5.41) is 28.7. The van der Waals surface area contributed by atoms with E-state index in [4.69, 9.17) is 14.2 Å². The molecule has 1 aliphatic carbocycles. The first-order valence-corrected chi connectivity index (χ1v) is 13.2. The number of pyridine rings is 1. The molecule has 3 fully saturated rings. The Morgan fingerprint density at radius 1 is 1.14 bits per heavy atom. The molecule has 5 rings (SSSR count). The summed E-state index contributed by atoms with van der Waals surface area (Å²) in [5.41, 5.74) is 2.65. The van der Waals surface area contributed by atoms with Gasteiger partial charge in [-0.2, -0.15) is 0 Å². The molecule has 0 spiro atoms. The number of benzene rings is 1. The van der Waals surface area contributed by atoms with Gasteiger partial charge < -0.3 is 35.1 Å². The van der Waals surface area contributed by atoms with Crippen molar-refractivity contribution < 1.29 is 29.2 Å². The number of likely N-dealkylation sites (N-methyl/N-ethyl adjacent to an activating group) is 1. The van der Waals surface area contributed by atoms with Crippen LogP contribution in [0, 0.1) is 5.92 Å². The van der Waals surface area contributed by atoms with E-state index in [2.05, 4.69) is 15.6 Å². The second-order valence-corrected chi connectivity index (χ2v) is 10.4. The summed E-state index contributed by atoms with van der Waals surface area (Å²) in [4.78, 5) is 17.5. The minimum Gasteiger partial charge on any atom is -0.391 e. The number of ether oxygens (including phenoxy) is 3. The Labute approximate surface area is 217 Å². The van der Waals surface area contributed by atoms with E-state index in [-0.39, 0.29) is 30.5 Å². The Bertz CT molecular complexity index is 1070. The zero-order chi connectivity index (χ0) is 26.2. The molecule has 4 N–H and O–H groups in total. The first-order chi connectivity index (χ1) is 17.8. The maximum Gasteiger partial charge on any atom is 0.239 e. The normalized spacial score (nSPS) is 37.3. The van der Waals surface area contributed by atoms with Crippen LogP contribution in [-0.4, -0.2) is 76.7 Å². The number of aliphatic hydroxyl groups is 2. The van der Waals surface area contributed by atoms with Crippen LogP contribution in [0.5, 0.6) is 0 Å². The maximum atomic E-state index is 13.0. The van der Waals surface area contributed by atoms with Crippen LogP contribution in [0.1, 0.15) is 38.8 Å². The first-order valence-electron chi connectivity index (χ1n) is 13.2. The Morgan fingerprint density at radius 3 is 2.59 bits per heavy atom. The Kier molecular flexibility index (Phi) is 7.63. The Hall–Kier alpha value is -2.40. The minimum absolute atomic E-state index is 0.0470. The number of carbonyl (C=O) groups excluding carboxylic acids is 1. The fourth-order valence-corrected chi connectivity index (χ4v) is 5.89. The third-order valence-electron chi connectivity index (χ3n) is 7.96. The molecule has 9 nitrogen and oxygen atoms in total. The zero-order valence-corrected chi connectivity index (χ0v) is 21.5. The number of amides is 1. The van der Waals surface area contributed by atoms with Crippen molar-refractivity contribution in [2.75, 3.05) is 7.05 Å². The topological polar surface area (TPSA) is 122 Å². The van der Waals surface area contributed by atoms with Gasteiger partial charge in [0.1, 0.15) is 6.10 Å². The number of carbonyl (C=O) groups is 1. The fraction of sp³-hybridized carbons (Fsp3) is 0.571. The van der Waals surface area contributed by atoms with Gasteiger partial charge in [0.15, 0.2) is 0 Å². The molecule has 9 heteroatoms. The largest absolute Gasteiger partial charge is 0.391 e. The number of hydrogen-bond donors (Lipinski definition) is 4. The van der Waals surface area contributed by atoms with Crippen LogP contribution in [0.25, 0.3) is 11.1 Å². The van der Waals surface area contributed by atoms with Gasteiger partial charge in [0.05, 0.1) is 36.8 Å². The van der Waals surface area contributed by atoms with Gasteiger partial charge >= 0.3 is 0 Å². The molecule has 37 heavy (non-hydrogen) atoms. The molecule has 1 aromatic carbocycles. The number of nitrogens with zero attached hydrogens (tertiary/aromatic N) is 1. The minimum atomic E-state index is -1.89. The molecule has 200 valence electrons. The van der Waals surface area contributed by atoms with Crippen molar-refractivity contribution in [2.24, 2.45) is 5.92 Å². The third-order valence-corrected chi connectivity index (χ3v) is 7.96. The van der Waals surface area contributed by atoms with Crippen LogP contribution < -0.4 is 10.6 Å². The molecule has 0 bridgehead atoms. The van der Waals surface area contributed by atoms with Crippen LogP contribution in [0.2, 0.25) is 0 Å². The SMILES string of the molecule is CC[C@H]1CC2OC3O[C@H](C)C[C@@H](NC(=O)Cc4ccc(-c5ccccc5)cn4)[C@]3(O)OC2[C@@H](NC)[C@H]1O. The summed E-state index contributed by atoms with van der Waals surface area (Å²) in [7, 11) is 1.76. The van der Waals surface area contributed by atoms with Gasteiger partial charge in [-0.15, -0.1) is 0 Å². The number of rotatable bonds is 6. The second-order valence-electron chi connectivity index (χ2n) is 10.4. The van der Waals surface area contributed by atoms with Crippen LogP contribution in [0.3, 0.4) is 0 Å². The van der Waals surface area contributed by atoms with E-state index in [0.717, 1.165) is 17.5 Å². The molecule has 2 saturated heterocycles. The third kappa shape index (κ3) is 5.16. The fourth-order valence-electron chi connectivity index (χ4n) is 5.89. The van der Waals surface area contributed by atoms with Crippen molar-refractivity contribution in [1.82, 2.24) is 15.6 Å². The lowest BCUT2D eigenvalue weighted by atomic mass is 9.77. The van der Waals surface area contributed by atoms with Crippen LogP contribution in [0.4, 0.5) is 0 Å². The molecule has 3 heterocycles. The van der Waals surface area contributed by atoms with Gasteiger partial charge in [-0.3, -0.25) is 9.78 Å². The molecule has 9 atom stereocenters. The lowest BCUT2D eigenvalue weighted by Crippen LogP contribution is -2.75. The first kappa shape index (κ1) is 26.2. The van der Waals surface area contributed by atoms with E-state index >= 15 is 0 Å². The van der Waals surface area contributed by atoms with Gasteiger partial charge in [0.2, 0.25) is 18.0 Å². The summed E-state index contributed by atoms with van der Waals surface area (Å²) < 4.78 is 18.5. The number of hydrogen-bond acceptors (Lipinski definition) is 8. The summed E-state index contributed by atoms with van der Waals surface area (Å²) >= 11 is 0. The lowest BCUT2D eigenvalue weighted by Gasteiger charge is -2.57. The number of aromatic nitrogens is 1. The molecule has 3 aliphatic rings. The molecular weight excluding hydrogens is 474 g/mol. The van der Waals surface area contributed by atoms with Crippen molar-refractivity contribution in [1.29, 1.82) is 0 Å². The van der Waals surface area contributed by atoms with Gasteiger partial charge in [-0.25, -0.2) is 0 Å². The summed E-state index contributed by atoms with van der Waals surface area (Å²) in [6.45, 7) is 3.92. The van der Waals surface area contributed by atoms with Crippen molar-refractivity contribution in [3.8, 4) is 11.1 Å². The molecular formula is C28H37N3O6. The highest BCUT2D eigenvalue weighted by Gasteiger charge is 2.61. The van der Waals surface area contributed by atoms with E-state index in [1.807, 2.05) is 56.3 Å². The van der Waals surface area contributed by atoms with E-state index in [1.165, 1.54) is 0 Å². The van der Waals surface area contributed by atoms with E-state index in [1.54, 1.807) is 13.2 Å². The highest BCUT2D eigenvalue weighted by Crippen LogP contribution is 2.43. The van der Waals surface area contributed by atoms with E-state index < -0.39 is 36.4 Å². The highest BCUT2D eigenvalue weighted by atomic mass is 16.8. The average molecular weight is 512 g/mol. The Morgan fingerprint density at radius 2 is 1.92 bits per heavy atom. The van der Waals surface area contributed by atoms with E-state index in [9.17, 15) is 15.0 Å². The summed E-state index contributed by atoms with van der Waals surface area (Å²) in [6, 6.07) is 12.5. The standard InChI is InChI=1S/C28H37N3O6/c1-4-17-13-21-26(24(29-3)25(17)33)37-28(34)22(12-16(2)35-27(28)36-21)31-23(32)14-20-11-10-19(15-30-20)18-8-6-5-7-9-18/h5-11,15-17,21-22,24-27,29,33-34H,4,12-14H2,1-3H3,(H,31,32)/t16-,17+,21?,22-,24+,25+,26?,27?,28+/m1/s1. The maximum absolute atomic E-state index is 13.0. The van der Waals surface area contributed by atoms with Gasteiger partial charge in [0, 0.05) is 17.5 Å². The Balaban J connectivity index is 1.29. The molecule has 1 aromatic heterocycles. The van der Waals surface area contributed by atoms with Crippen molar-refractivity contribution >= 4 is 5.91 Å². The average Bonchev–Trinajstić information content (AvgIpc) is 2.89.